The van der Waals surface area contributed by atoms with E-state index in [0.29, 0.717) is 0 Å². The molecule has 0 spiro atoms. The standard InChI is InChI=1S/C4H3Cl.Bi/c1-2-3-4-5;/h1-3H;. The van der Waals surface area contributed by atoms with Crippen LogP contribution in [0.1, 0.15) is 0 Å². The molecule has 0 unspecified atom stereocenters. The number of hydrogen-bond donors (Lipinski definition) is 0. The summed E-state index contributed by atoms with van der Waals surface area (Å²) in [5.74, 6) is 0. The number of rotatable bonds is 0. The Kier molecular flexibility index (Phi) is 1.67. The van der Waals surface area contributed by atoms with Gasteiger partial charge in [-0.1, -0.05) is 0 Å². The van der Waals surface area contributed by atoms with E-state index in [-0.39, 0.29) is 0 Å². The van der Waals surface area contributed by atoms with Crippen molar-refractivity contribution in [1.82, 2.24) is 0 Å². The fraction of sp³-hybridized carbons (Fsp3) is 0. The van der Waals surface area contributed by atoms with Crippen molar-refractivity contribution in [1.29, 1.82) is 0 Å². The molecule has 0 aromatic rings. The molecule has 2 heteroatoms. The van der Waals surface area contributed by atoms with Crippen molar-refractivity contribution in [2.45, 2.75) is 0 Å². The Bertz CT molecular complexity index is 104. The van der Waals surface area contributed by atoms with E-state index in [0.717, 1.165) is 2.74 Å². The van der Waals surface area contributed by atoms with Gasteiger partial charge in [0, 0.05) is 0 Å². The van der Waals surface area contributed by atoms with Crippen molar-refractivity contribution in [3.8, 4) is 0 Å². The molecular formula is C4H3BiCl. The van der Waals surface area contributed by atoms with Crippen molar-refractivity contribution < 1.29 is 0 Å². The Morgan fingerprint density at radius 1 is 1.67 bits per heavy atom. The summed E-state index contributed by atoms with van der Waals surface area (Å²) in [6.07, 6.45) is 4.03. The molecule has 0 bridgehead atoms. The van der Waals surface area contributed by atoms with Crippen LogP contribution in [0.15, 0.2) is 18.7 Å². The SMILES string of the molecule is Cl[C]1=CC=[CH][Bi]1. The molecule has 0 amide bonds. The maximum atomic E-state index is 5.59. The predicted molar refractivity (Wildman–Crippen MR) is 28.8 cm³/mol. The van der Waals surface area contributed by atoms with Gasteiger partial charge in [0.05, 0.1) is 0 Å². The monoisotopic (exact) mass is 295 g/mol. The minimum atomic E-state index is -0.392. The van der Waals surface area contributed by atoms with E-state index in [1.165, 1.54) is 0 Å². The Balaban J connectivity index is 2.61. The van der Waals surface area contributed by atoms with Gasteiger partial charge in [0.15, 0.2) is 0 Å². The molecular weight excluding hydrogens is 292 g/mol. The number of allylic oxidation sites excluding steroid dienone is 2. The molecule has 0 aromatic carbocycles. The summed E-state index contributed by atoms with van der Waals surface area (Å²) >= 11 is 5.20. The molecule has 1 heterocycles. The average Bonchev–Trinajstić information content (AvgIpc) is 1.86. The molecule has 0 aromatic heterocycles. The summed E-state index contributed by atoms with van der Waals surface area (Å²) in [5, 5.41) is 0. The number of hydrogen-bond acceptors (Lipinski definition) is 0. The fourth-order valence-electron chi connectivity index (χ4n) is 0.280. The van der Waals surface area contributed by atoms with Crippen LogP contribution in [0.4, 0.5) is 0 Å². The normalized spacial score (nSPS) is 18.5. The van der Waals surface area contributed by atoms with E-state index in [1.807, 2.05) is 12.2 Å². The van der Waals surface area contributed by atoms with Crippen LogP contribution in [0.5, 0.6) is 0 Å². The van der Waals surface area contributed by atoms with Crippen LogP contribution in [-0.4, -0.2) is 23.2 Å². The van der Waals surface area contributed by atoms with Gasteiger partial charge in [-0.3, -0.25) is 0 Å². The van der Waals surface area contributed by atoms with Crippen molar-refractivity contribution in [3.05, 3.63) is 18.7 Å². The molecule has 1 radical (unpaired) electrons. The van der Waals surface area contributed by atoms with Crippen LogP contribution in [-0.2, 0) is 0 Å². The van der Waals surface area contributed by atoms with E-state index in [9.17, 15) is 0 Å². The first-order chi connectivity index (χ1) is 2.89. The van der Waals surface area contributed by atoms with Crippen LogP contribution in [0, 0.1) is 0 Å². The van der Waals surface area contributed by atoms with Crippen molar-refractivity contribution in [3.63, 3.8) is 0 Å². The molecule has 0 fully saturated rings. The average molecular weight is 296 g/mol. The molecule has 0 N–H and O–H groups in total. The van der Waals surface area contributed by atoms with E-state index >= 15 is 0 Å². The first-order valence-corrected chi connectivity index (χ1v) is 5.75. The minimum absolute atomic E-state index is 0.392. The van der Waals surface area contributed by atoms with Gasteiger partial charge >= 0.3 is 53.5 Å². The molecule has 0 aliphatic carbocycles. The van der Waals surface area contributed by atoms with Gasteiger partial charge < -0.3 is 0 Å². The Labute approximate surface area is 53.4 Å². The van der Waals surface area contributed by atoms with Crippen LogP contribution in [0.25, 0.3) is 0 Å². The van der Waals surface area contributed by atoms with E-state index < -0.39 is 23.2 Å². The van der Waals surface area contributed by atoms with E-state index in [4.69, 9.17) is 11.6 Å². The molecule has 1 aliphatic rings. The molecule has 0 saturated carbocycles. The fourth-order valence-corrected chi connectivity index (χ4v) is 2.74. The summed E-state index contributed by atoms with van der Waals surface area (Å²) in [7, 11) is 0. The maximum absolute atomic E-state index is 5.59. The van der Waals surface area contributed by atoms with Gasteiger partial charge in [-0.2, -0.15) is 0 Å². The van der Waals surface area contributed by atoms with Gasteiger partial charge in [0.2, 0.25) is 0 Å². The number of halogens is 1. The third kappa shape index (κ3) is 1.06. The first kappa shape index (κ1) is 4.80. The van der Waals surface area contributed by atoms with Crippen molar-refractivity contribution >= 4 is 34.8 Å². The summed E-state index contributed by atoms with van der Waals surface area (Å²) in [4.78, 5) is 0. The Hall–Kier alpha value is 0.653. The van der Waals surface area contributed by atoms with Crippen molar-refractivity contribution in [2.75, 3.05) is 0 Å². The summed E-state index contributed by atoms with van der Waals surface area (Å²) < 4.78 is 3.33. The third-order valence-corrected chi connectivity index (χ3v) is 4.29. The second-order valence-electron chi connectivity index (χ2n) is 0.960. The molecule has 0 saturated heterocycles. The Morgan fingerprint density at radius 3 is 2.67 bits per heavy atom. The van der Waals surface area contributed by atoms with E-state index in [1.54, 1.807) is 0 Å². The zero-order chi connectivity index (χ0) is 4.41. The predicted octanol–water partition coefficient (Wildman–Crippen LogP) is 1.30. The van der Waals surface area contributed by atoms with Crippen LogP contribution >= 0.6 is 11.6 Å². The molecule has 31 valence electrons. The third-order valence-electron chi connectivity index (χ3n) is 0.518. The molecule has 6 heavy (non-hydrogen) atoms. The van der Waals surface area contributed by atoms with E-state index in [2.05, 4.69) is 3.78 Å². The van der Waals surface area contributed by atoms with Crippen molar-refractivity contribution in [2.24, 2.45) is 0 Å². The van der Waals surface area contributed by atoms with Crippen LogP contribution in [0.3, 0.4) is 0 Å². The second-order valence-corrected chi connectivity index (χ2v) is 6.49. The summed E-state index contributed by atoms with van der Waals surface area (Å²) in [6, 6.07) is 0. The molecule has 0 nitrogen and oxygen atoms in total. The van der Waals surface area contributed by atoms with Gasteiger partial charge in [0.1, 0.15) is 0 Å². The van der Waals surface area contributed by atoms with Gasteiger partial charge in [-0.25, -0.2) is 0 Å². The topological polar surface area (TPSA) is 0 Å². The molecule has 1 aliphatic heterocycles. The second kappa shape index (κ2) is 2.09. The van der Waals surface area contributed by atoms with Crippen LogP contribution < -0.4 is 0 Å². The van der Waals surface area contributed by atoms with Crippen LogP contribution in [0.2, 0.25) is 0 Å². The Morgan fingerprint density at radius 2 is 2.50 bits per heavy atom. The zero-order valence-corrected chi connectivity index (χ0v) is 7.29. The quantitative estimate of drug-likeness (QED) is 0.591. The molecule has 1 rings (SSSR count). The van der Waals surface area contributed by atoms with Gasteiger partial charge in [0.25, 0.3) is 0 Å². The summed E-state index contributed by atoms with van der Waals surface area (Å²) in [5.41, 5.74) is 0. The first-order valence-electron chi connectivity index (χ1n) is 1.63. The summed E-state index contributed by atoms with van der Waals surface area (Å²) in [6.45, 7) is 0. The van der Waals surface area contributed by atoms with Gasteiger partial charge in [-0.05, 0) is 0 Å². The van der Waals surface area contributed by atoms with Gasteiger partial charge in [-0.15, -0.1) is 0 Å². The molecule has 0 atom stereocenters. The zero-order valence-electron chi connectivity index (χ0n) is 3.06.